The summed E-state index contributed by atoms with van der Waals surface area (Å²) in [5.41, 5.74) is 1.10. The number of sulfone groups is 2. The molecular weight excluding hydrogens is 515 g/mol. The molecule has 1 aromatic heterocycles. The third kappa shape index (κ3) is 5.52. The van der Waals surface area contributed by atoms with Gasteiger partial charge in [0.2, 0.25) is 9.84 Å². The van der Waals surface area contributed by atoms with Crippen molar-refractivity contribution in [1.82, 2.24) is 9.55 Å². The van der Waals surface area contributed by atoms with Crippen molar-refractivity contribution in [3.63, 3.8) is 0 Å². The summed E-state index contributed by atoms with van der Waals surface area (Å²) < 4.78 is 54.5. The van der Waals surface area contributed by atoms with E-state index >= 15 is 0 Å². The topological polar surface area (TPSA) is 86.1 Å². The Bertz CT molecular complexity index is 1470. The molecule has 0 N–H and O–H groups in total. The maximum Gasteiger partial charge on any atom is 0.206 e. The molecule has 0 bridgehead atoms. The highest BCUT2D eigenvalue weighted by atomic mass is 35.5. The van der Waals surface area contributed by atoms with Gasteiger partial charge in [0.25, 0.3) is 0 Å². The van der Waals surface area contributed by atoms with Crippen LogP contribution in [0.4, 0.5) is 0 Å². The number of imidazole rings is 1. The summed E-state index contributed by atoms with van der Waals surface area (Å²) in [5.74, 6) is -0.186. The minimum atomic E-state index is -3.77. The fraction of sp³-hybridized carbons (Fsp3) is 0.125. The molecule has 1 heterocycles. The molecule has 0 spiro atoms. The zero-order chi connectivity index (χ0) is 24.3. The van der Waals surface area contributed by atoms with E-state index in [0.29, 0.717) is 21.2 Å². The largest absolute Gasteiger partial charge is 0.336 e. The number of hydrogen-bond donors (Lipinski definition) is 0. The van der Waals surface area contributed by atoms with Crippen LogP contribution >= 0.6 is 23.2 Å². The highest BCUT2D eigenvalue weighted by molar-refractivity contribution is 7.91. The minimum Gasteiger partial charge on any atom is -0.336 e. The Hall–Kier alpha value is -2.65. The molecule has 3 aromatic carbocycles. The van der Waals surface area contributed by atoms with Crippen molar-refractivity contribution in [1.29, 1.82) is 0 Å². The van der Waals surface area contributed by atoms with Crippen molar-refractivity contribution in [2.24, 2.45) is 0 Å². The molecule has 0 fully saturated rings. The van der Waals surface area contributed by atoms with Gasteiger partial charge >= 0.3 is 0 Å². The van der Waals surface area contributed by atoms with Crippen LogP contribution in [0.25, 0.3) is 0 Å². The quantitative estimate of drug-likeness (QED) is 0.303. The lowest BCUT2D eigenvalue weighted by Gasteiger charge is -2.19. The van der Waals surface area contributed by atoms with Gasteiger partial charge in [-0.1, -0.05) is 47.5 Å². The van der Waals surface area contributed by atoms with Crippen LogP contribution in [0, 0.1) is 0 Å². The van der Waals surface area contributed by atoms with Crippen LogP contribution in [-0.2, 0) is 32.0 Å². The van der Waals surface area contributed by atoms with E-state index in [1.165, 1.54) is 36.4 Å². The van der Waals surface area contributed by atoms with Crippen molar-refractivity contribution in [2.75, 3.05) is 0 Å². The monoisotopic (exact) mass is 534 g/mol. The van der Waals surface area contributed by atoms with Crippen molar-refractivity contribution in [2.45, 2.75) is 27.3 Å². The molecule has 0 saturated carbocycles. The van der Waals surface area contributed by atoms with E-state index in [9.17, 15) is 16.8 Å². The van der Waals surface area contributed by atoms with Crippen LogP contribution in [-0.4, -0.2) is 26.4 Å². The third-order valence-corrected chi connectivity index (χ3v) is 9.65. The molecule has 0 aliphatic carbocycles. The number of rotatable bonds is 8. The predicted molar refractivity (Wildman–Crippen MR) is 132 cm³/mol. The fourth-order valence-corrected chi connectivity index (χ4v) is 6.88. The number of benzene rings is 3. The number of halogens is 2. The van der Waals surface area contributed by atoms with Crippen LogP contribution in [0.5, 0.6) is 0 Å². The zero-order valence-corrected chi connectivity index (χ0v) is 20.9. The number of aromatic nitrogens is 2. The first-order valence-electron chi connectivity index (χ1n) is 10.2. The average Bonchev–Trinajstić information content (AvgIpc) is 3.33. The first-order valence-corrected chi connectivity index (χ1v) is 14.1. The molecule has 176 valence electrons. The van der Waals surface area contributed by atoms with E-state index in [2.05, 4.69) is 4.98 Å². The lowest BCUT2D eigenvalue weighted by molar-refractivity contribution is 0.561. The van der Waals surface area contributed by atoms with Gasteiger partial charge in [0, 0.05) is 29.0 Å². The van der Waals surface area contributed by atoms with E-state index in [4.69, 9.17) is 23.2 Å². The van der Waals surface area contributed by atoms with Gasteiger partial charge in [-0.15, -0.1) is 0 Å². The Kier molecular flexibility index (Phi) is 7.14. The van der Waals surface area contributed by atoms with Gasteiger partial charge in [-0.25, -0.2) is 21.8 Å². The number of hydrogen-bond acceptors (Lipinski definition) is 5. The van der Waals surface area contributed by atoms with E-state index in [1.807, 2.05) is 0 Å². The van der Waals surface area contributed by atoms with Gasteiger partial charge in [0.05, 0.1) is 21.9 Å². The molecule has 4 aromatic rings. The summed E-state index contributed by atoms with van der Waals surface area (Å²) in [5, 5.41) is 0.0424. The Morgan fingerprint density at radius 1 is 0.765 bits per heavy atom. The molecule has 0 aliphatic rings. The van der Waals surface area contributed by atoms with Crippen LogP contribution in [0.1, 0.15) is 16.4 Å². The average molecular weight is 535 g/mol. The Morgan fingerprint density at radius 2 is 1.29 bits per heavy atom. The van der Waals surface area contributed by atoms with E-state index in [1.54, 1.807) is 59.7 Å². The molecule has 0 aliphatic heterocycles. The summed E-state index contributed by atoms with van der Waals surface area (Å²) in [6.45, 7) is 0.138. The Labute approximate surface area is 208 Å². The molecule has 1 unspecified atom stereocenters. The summed E-state index contributed by atoms with van der Waals surface area (Å²) in [6, 6.07) is 18.5. The standard InChI is InChI=1S/C24H20Cl2N2O4S2/c25-20-5-1-18(2-6-20)16-33(29,30)24(15-28-14-13-27-17-28)19-3-9-22(10-4-19)34(31,32)23-11-7-21(26)8-12-23/h1-14,17,24H,15-16H2. The predicted octanol–water partition coefficient (Wildman–Crippen LogP) is 5.38. The summed E-state index contributed by atoms with van der Waals surface area (Å²) in [6.07, 6.45) is 4.80. The van der Waals surface area contributed by atoms with Crippen LogP contribution in [0.2, 0.25) is 10.0 Å². The van der Waals surface area contributed by atoms with Gasteiger partial charge in [0.1, 0.15) is 5.25 Å². The first-order chi connectivity index (χ1) is 16.1. The highest BCUT2D eigenvalue weighted by Gasteiger charge is 2.29. The molecule has 34 heavy (non-hydrogen) atoms. The summed E-state index contributed by atoms with van der Waals surface area (Å²) in [4.78, 5) is 4.17. The molecule has 0 saturated heterocycles. The summed E-state index contributed by atoms with van der Waals surface area (Å²) in [7, 11) is -7.45. The Balaban J connectivity index is 1.67. The SMILES string of the molecule is O=S(=O)(c1ccc(Cl)cc1)c1ccc(C(Cn2ccnc2)S(=O)(=O)Cc2ccc(Cl)cc2)cc1. The molecule has 0 radical (unpaired) electrons. The third-order valence-electron chi connectivity index (χ3n) is 5.34. The lowest BCUT2D eigenvalue weighted by Crippen LogP contribution is -2.20. The summed E-state index contributed by atoms with van der Waals surface area (Å²) >= 11 is 11.8. The highest BCUT2D eigenvalue weighted by Crippen LogP contribution is 2.30. The normalized spacial score (nSPS) is 13.0. The van der Waals surface area contributed by atoms with Crippen LogP contribution in [0.15, 0.2) is 101 Å². The molecule has 10 heteroatoms. The zero-order valence-electron chi connectivity index (χ0n) is 17.8. The molecular formula is C24H20Cl2N2O4S2. The van der Waals surface area contributed by atoms with Crippen LogP contribution in [0.3, 0.4) is 0 Å². The maximum absolute atomic E-state index is 13.4. The van der Waals surface area contributed by atoms with Crippen LogP contribution < -0.4 is 0 Å². The molecule has 6 nitrogen and oxygen atoms in total. The van der Waals surface area contributed by atoms with Gasteiger partial charge in [-0.05, 0) is 59.7 Å². The molecule has 1 atom stereocenters. The van der Waals surface area contributed by atoms with Crippen molar-refractivity contribution in [3.05, 3.63) is 113 Å². The second-order valence-corrected chi connectivity index (χ2v) is 12.7. The smallest absolute Gasteiger partial charge is 0.206 e. The lowest BCUT2D eigenvalue weighted by atomic mass is 10.1. The maximum atomic E-state index is 13.4. The minimum absolute atomic E-state index is 0.0649. The number of nitrogens with zero attached hydrogens (tertiary/aromatic N) is 2. The van der Waals surface area contributed by atoms with Crippen molar-refractivity contribution < 1.29 is 16.8 Å². The Morgan fingerprint density at radius 3 is 1.82 bits per heavy atom. The second-order valence-electron chi connectivity index (χ2n) is 7.71. The van der Waals surface area contributed by atoms with Gasteiger partial charge in [-0.2, -0.15) is 0 Å². The fourth-order valence-electron chi connectivity index (χ4n) is 3.54. The van der Waals surface area contributed by atoms with Gasteiger partial charge in [0.15, 0.2) is 9.84 Å². The van der Waals surface area contributed by atoms with Crippen molar-refractivity contribution in [3.8, 4) is 0 Å². The molecule has 0 amide bonds. The van der Waals surface area contributed by atoms with Gasteiger partial charge < -0.3 is 4.57 Å². The molecule has 4 rings (SSSR count). The van der Waals surface area contributed by atoms with E-state index in [-0.39, 0.29) is 22.1 Å². The van der Waals surface area contributed by atoms with Gasteiger partial charge in [-0.3, -0.25) is 0 Å². The van der Waals surface area contributed by atoms with E-state index < -0.39 is 24.9 Å². The second kappa shape index (κ2) is 9.92. The van der Waals surface area contributed by atoms with E-state index in [0.717, 1.165) is 0 Å². The van der Waals surface area contributed by atoms with Crippen molar-refractivity contribution >= 4 is 42.9 Å². The first kappa shape index (κ1) is 24.5.